The number of amides is 1. The first-order valence-corrected chi connectivity index (χ1v) is 7.28. The summed E-state index contributed by atoms with van der Waals surface area (Å²) in [4.78, 5) is 11.5. The number of ether oxygens (including phenoxy) is 1. The summed E-state index contributed by atoms with van der Waals surface area (Å²) in [5, 5.41) is 6.09. The summed E-state index contributed by atoms with van der Waals surface area (Å²) in [5.74, 6) is 0.649. The largest absolute Gasteiger partial charge is 0.483 e. The molecule has 4 heteroatoms. The van der Waals surface area contributed by atoms with E-state index in [0.29, 0.717) is 12.6 Å². The second kappa shape index (κ2) is 8.47. The van der Waals surface area contributed by atoms with Gasteiger partial charge in [-0.05, 0) is 30.5 Å². The summed E-state index contributed by atoms with van der Waals surface area (Å²) < 4.78 is 5.64. The number of carbonyl (C=O) groups is 1. The van der Waals surface area contributed by atoms with Crippen LogP contribution < -0.4 is 15.4 Å². The number of hydrogen-bond acceptors (Lipinski definition) is 3. The van der Waals surface area contributed by atoms with E-state index in [4.69, 9.17) is 4.74 Å². The van der Waals surface area contributed by atoms with Crippen LogP contribution in [0.1, 0.15) is 30.5 Å². The van der Waals surface area contributed by atoms with Crippen molar-refractivity contribution in [2.24, 2.45) is 0 Å². The van der Waals surface area contributed by atoms with Gasteiger partial charge in [0.25, 0.3) is 5.91 Å². The lowest BCUT2D eigenvalue weighted by molar-refractivity contribution is -0.122. The van der Waals surface area contributed by atoms with E-state index in [1.54, 1.807) is 6.08 Å². The molecule has 0 aliphatic heterocycles. The molecule has 1 aromatic rings. The van der Waals surface area contributed by atoms with Gasteiger partial charge in [-0.15, -0.1) is 6.58 Å². The quantitative estimate of drug-likeness (QED) is 0.723. The van der Waals surface area contributed by atoms with Gasteiger partial charge in [0.2, 0.25) is 0 Å². The third-order valence-corrected chi connectivity index (χ3v) is 3.03. The van der Waals surface area contributed by atoms with Crippen LogP contribution in [0.25, 0.3) is 0 Å². The maximum absolute atomic E-state index is 11.5. The third kappa shape index (κ3) is 6.00. The molecular formula is C17H26N2O2. The van der Waals surface area contributed by atoms with E-state index in [1.807, 2.05) is 13.8 Å². The van der Waals surface area contributed by atoms with E-state index in [0.717, 1.165) is 23.4 Å². The fraction of sp³-hybridized carbons (Fsp3) is 0.471. The van der Waals surface area contributed by atoms with E-state index >= 15 is 0 Å². The number of nitrogens with one attached hydrogen (secondary N) is 2. The van der Waals surface area contributed by atoms with E-state index in [2.05, 4.69) is 43.2 Å². The van der Waals surface area contributed by atoms with Gasteiger partial charge in [0.05, 0.1) is 0 Å². The number of benzene rings is 1. The average Bonchev–Trinajstić information content (AvgIpc) is 2.41. The van der Waals surface area contributed by atoms with Gasteiger partial charge in [-0.25, -0.2) is 0 Å². The molecule has 21 heavy (non-hydrogen) atoms. The normalized spacial score (nSPS) is 10.5. The first-order chi connectivity index (χ1) is 9.93. The summed E-state index contributed by atoms with van der Waals surface area (Å²) in [6, 6.07) is 4.65. The Bertz CT molecular complexity index is 473. The maximum atomic E-state index is 11.5. The molecule has 0 radical (unpaired) electrons. The fourth-order valence-electron chi connectivity index (χ4n) is 2.07. The standard InChI is InChI=1S/C17H26N2O2/c1-6-7-18-16(20)11-21-17-13(4)8-15(9-14(17)5)10-19-12(2)3/h6,8-9,12,19H,1,7,10-11H2,2-5H3,(H,18,20). The first kappa shape index (κ1) is 17.2. The van der Waals surface area contributed by atoms with Crippen molar-refractivity contribution in [3.8, 4) is 5.75 Å². The Labute approximate surface area is 127 Å². The molecule has 0 saturated heterocycles. The van der Waals surface area contributed by atoms with Gasteiger partial charge in [0.15, 0.2) is 6.61 Å². The van der Waals surface area contributed by atoms with Gasteiger partial charge in [0, 0.05) is 19.1 Å². The molecule has 0 spiro atoms. The van der Waals surface area contributed by atoms with Gasteiger partial charge >= 0.3 is 0 Å². The Kier molecular flexibility index (Phi) is 6.96. The highest BCUT2D eigenvalue weighted by atomic mass is 16.5. The van der Waals surface area contributed by atoms with Gasteiger partial charge in [0.1, 0.15) is 5.75 Å². The predicted octanol–water partition coefficient (Wildman–Crippen LogP) is 2.48. The van der Waals surface area contributed by atoms with Crippen molar-refractivity contribution in [2.45, 2.75) is 40.3 Å². The maximum Gasteiger partial charge on any atom is 0.258 e. The molecule has 116 valence electrons. The molecule has 0 unspecified atom stereocenters. The van der Waals surface area contributed by atoms with Crippen LogP contribution in [0.5, 0.6) is 5.75 Å². The summed E-state index contributed by atoms with van der Waals surface area (Å²) in [6.07, 6.45) is 1.64. The molecule has 0 atom stereocenters. The molecule has 1 amide bonds. The molecule has 0 aliphatic rings. The van der Waals surface area contributed by atoms with Crippen LogP contribution in [-0.2, 0) is 11.3 Å². The lowest BCUT2D eigenvalue weighted by Crippen LogP contribution is -2.29. The lowest BCUT2D eigenvalue weighted by atomic mass is 10.1. The van der Waals surface area contributed by atoms with Gasteiger partial charge in [-0.2, -0.15) is 0 Å². The number of carbonyl (C=O) groups excluding carboxylic acids is 1. The van der Waals surface area contributed by atoms with Crippen LogP contribution in [0, 0.1) is 13.8 Å². The summed E-state index contributed by atoms with van der Waals surface area (Å²) in [5.41, 5.74) is 3.32. The zero-order valence-corrected chi connectivity index (χ0v) is 13.5. The number of aryl methyl sites for hydroxylation is 2. The molecular weight excluding hydrogens is 264 g/mol. The molecule has 0 heterocycles. The van der Waals surface area contributed by atoms with Crippen LogP contribution in [-0.4, -0.2) is 25.1 Å². The summed E-state index contributed by atoms with van der Waals surface area (Å²) in [7, 11) is 0. The zero-order chi connectivity index (χ0) is 15.8. The Hall–Kier alpha value is -1.81. The second-order valence-electron chi connectivity index (χ2n) is 5.48. The van der Waals surface area contributed by atoms with Crippen molar-refractivity contribution >= 4 is 5.91 Å². The second-order valence-corrected chi connectivity index (χ2v) is 5.48. The highest BCUT2D eigenvalue weighted by Gasteiger charge is 2.09. The van der Waals surface area contributed by atoms with Crippen LogP contribution >= 0.6 is 0 Å². The number of hydrogen-bond donors (Lipinski definition) is 2. The van der Waals surface area contributed by atoms with Crippen molar-refractivity contribution in [1.29, 1.82) is 0 Å². The molecule has 1 aromatic carbocycles. The third-order valence-electron chi connectivity index (χ3n) is 3.03. The molecule has 2 N–H and O–H groups in total. The summed E-state index contributed by atoms with van der Waals surface area (Å²) in [6.45, 7) is 13.1. The van der Waals surface area contributed by atoms with Crippen molar-refractivity contribution in [3.63, 3.8) is 0 Å². The van der Waals surface area contributed by atoms with Crippen molar-refractivity contribution < 1.29 is 9.53 Å². The minimum atomic E-state index is -0.140. The molecule has 0 bridgehead atoms. The monoisotopic (exact) mass is 290 g/mol. The van der Waals surface area contributed by atoms with Gasteiger partial charge in [-0.1, -0.05) is 32.1 Å². The average molecular weight is 290 g/mol. The SMILES string of the molecule is C=CCNC(=O)COc1c(C)cc(CNC(C)C)cc1C. The highest BCUT2D eigenvalue weighted by Crippen LogP contribution is 2.24. The zero-order valence-electron chi connectivity index (χ0n) is 13.5. The van der Waals surface area contributed by atoms with Crippen molar-refractivity contribution in [1.82, 2.24) is 10.6 Å². The van der Waals surface area contributed by atoms with Crippen LogP contribution in [0.4, 0.5) is 0 Å². The van der Waals surface area contributed by atoms with Crippen LogP contribution in [0.2, 0.25) is 0 Å². The molecule has 4 nitrogen and oxygen atoms in total. The molecule has 0 aromatic heterocycles. The minimum absolute atomic E-state index is 0.0269. The van der Waals surface area contributed by atoms with E-state index < -0.39 is 0 Å². The Morgan fingerprint density at radius 3 is 2.48 bits per heavy atom. The lowest BCUT2D eigenvalue weighted by Gasteiger charge is -2.15. The fourth-order valence-corrected chi connectivity index (χ4v) is 2.07. The van der Waals surface area contributed by atoms with E-state index in [9.17, 15) is 4.79 Å². The van der Waals surface area contributed by atoms with Crippen molar-refractivity contribution in [2.75, 3.05) is 13.2 Å². The highest BCUT2D eigenvalue weighted by molar-refractivity contribution is 5.77. The van der Waals surface area contributed by atoms with Gasteiger partial charge < -0.3 is 15.4 Å². The Morgan fingerprint density at radius 2 is 1.95 bits per heavy atom. The molecule has 0 fully saturated rings. The molecule has 0 saturated carbocycles. The van der Waals surface area contributed by atoms with Gasteiger partial charge in [-0.3, -0.25) is 4.79 Å². The topological polar surface area (TPSA) is 50.4 Å². The van der Waals surface area contributed by atoms with Crippen molar-refractivity contribution in [3.05, 3.63) is 41.5 Å². The smallest absolute Gasteiger partial charge is 0.258 e. The summed E-state index contributed by atoms with van der Waals surface area (Å²) >= 11 is 0. The first-order valence-electron chi connectivity index (χ1n) is 7.28. The van der Waals surface area contributed by atoms with Crippen LogP contribution in [0.3, 0.4) is 0 Å². The number of rotatable bonds is 8. The van der Waals surface area contributed by atoms with E-state index in [1.165, 1.54) is 5.56 Å². The Morgan fingerprint density at radius 1 is 1.33 bits per heavy atom. The van der Waals surface area contributed by atoms with Crippen LogP contribution in [0.15, 0.2) is 24.8 Å². The molecule has 0 aliphatic carbocycles. The Balaban J connectivity index is 2.67. The minimum Gasteiger partial charge on any atom is -0.483 e. The van der Waals surface area contributed by atoms with E-state index in [-0.39, 0.29) is 12.5 Å². The predicted molar refractivity (Wildman–Crippen MR) is 86.6 cm³/mol. The molecule has 1 rings (SSSR count).